The van der Waals surface area contributed by atoms with Crippen LogP contribution < -0.4 is 5.32 Å². The van der Waals surface area contributed by atoms with Crippen molar-refractivity contribution in [2.24, 2.45) is 0 Å². The van der Waals surface area contributed by atoms with E-state index in [1.165, 1.54) is 6.92 Å². The van der Waals surface area contributed by atoms with Crippen molar-refractivity contribution in [1.29, 1.82) is 0 Å². The van der Waals surface area contributed by atoms with Crippen LogP contribution in [0.15, 0.2) is 13.2 Å². The summed E-state index contributed by atoms with van der Waals surface area (Å²) in [6, 6.07) is 0. The lowest BCUT2D eigenvalue weighted by atomic mass is 10.6. The first-order valence-electron chi connectivity index (χ1n) is 6.98. The fourth-order valence-corrected chi connectivity index (χ4v) is 1.52. The molecule has 0 saturated heterocycles. The molecule has 2 N–H and O–H groups in total. The summed E-state index contributed by atoms with van der Waals surface area (Å²) in [5.41, 5.74) is 0. The van der Waals surface area contributed by atoms with Crippen LogP contribution in [-0.4, -0.2) is 70.7 Å². The summed E-state index contributed by atoms with van der Waals surface area (Å²) >= 11 is 0. The molecule has 0 fully saturated rings. The molecule has 0 bridgehead atoms. The number of phosphoric acid groups is 1. The van der Waals surface area contributed by atoms with Crippen LogP contribution in [0.2, 0.25) is 0 Å². The van der Waals surface area contributed by atoms with Crippen LogP contribution >= 0.6 is 7.82 Å². The summed E-state index contributed by atoms with van der Waals surface area (Å²) in [7, 11) is -2.82. The van der Waals surface area contributed by atoms with E-state index in [1.54, 1.807) is 0 Å². The number of rotatable bonds is 14. The monoisotopic (exact) mass is 359 g/mol. The van der Waals surface area contributed by atoms with Crippen LogP contribution in [0.4, 0.5) is 0 Å². The van der Waals surface area contributed by atoms with E-state index in [-0.39, 0.29) is 20.5 Å². The van der Waals surface area contributed by atoms with E-state index in [4.69, 9.17) is 19.1 Å². The molecular formula is C13H30NO8P. The van der Waals surface area contributed by atoms with E-state index in [2.05, 4.69) is 27.5 Å². The Bertz CT molecular complexity index is 335. The number of hydrogen-bond donors (Lipinski definition) is 2. The minimum Gasteiger partial charge on any atom is -0.377 e. The van der Waals surface area contributed by atoms with Crippen LogP contribution in [0.5, 0.6) is 0 Å². The zero-order chi connectivity index (χ0) is 18.0. The molecule has 0 aromatic rings. The van der Waals surface area contributed by atoms with Gasteiger partial charge in [-0.15, -0.1) is 13.2 Å². The fourth-order valence-electron chi connectivity index (χ4n) is 1.11. The molecule has 0 rings (SSSR count). The fraction of sp³-hybridized carbons (Fsp3) is 0.769. The average molecular weight is 359 g/mol. The van der Waals surface area contributed by atoms with E-state index < -0.39 is 7.82 Å². The van der Waals surface area contributed by atoms with Crippen molar-refractivity contribution >= 4 is 13.7 Å². The Morgan fingerprint density at radius 1 is 1.04 bits per heavy atom. The Kier molecular flexibility index (Phi) is 18.7. The van der Waals surface area contributed by atoms with E-state index >= 15 is 0 Å². The normalized spacial score (nSPS) is 12.8. The molecule has 9 nitrogen and oxygen atoms in total. The van der Waals surface area contributed by atoms with E-state index in [9.17, 15) is 9.36 Å². The average Bonchev–Trinajstić information content (AvgIpc) is 2.53. The minimum absolute atomic E-state index is 0. The second-order valence-corrected chi connectivity index (χ2v) is 5.36. The maximum absolute atomic E-state index is 10.9. The van der Waals surface area contributed by atoms with Gasteiger partial charge in [0.1, 0.15) is 0 Å². The van der Waals surface area contributed by atoms with Crippen molar-refractivity contribution in [2.75, 3.05) is 59.9 Å². The zero-order valence-electron chi connectivity index (χ0n) is 13.8. The Labute approximate surface area is 139 Å². The van der Waals surface area contributed by atoms with Gasteiger partial charge in [0, 0.05) is 22.0 Å². The number of hydrogen-bond acceptors (Lipinski definition) is 7. The van der Waals surface area contributed by atoms with Crippen molar-refractivity contribution in [3.63, 3.8) is 0 Å². The van der Waals surface area contributed by atoms with Crippen LogP contribution in [0.1, 0.15) is 8.35 Å². The highest BCUT2D eigenvalue weighted by Gasteiger charge is 2.17. The summed E-state index contributed by atoms with van der Waals surface area (Å²) in [5.74, 6) is -0.0842. The van der Waals surface area contributed by atoms with Crippen LogP contribution in [0.3, 0.4) is 0 Å². The Hall–Kier alpha value is -0.800. The minimum atomic E-state index is -3.91. The molecule has 0 heterocycles. The summed E-state index contributed by atoms with van der Waals surface area (Å²) in [4.78, 5) is 19.5. The van der Waals surface area contributed by atoms with Crippen molar-refractivity contribution in [3.8, 4) is 0 Å². The summed E-state index contributed by atoms with van der Waals surface area (Å²) in [6.45, 7) is 10.1. The van der Waals surface area contributed by atoms with E-state index in [0.29, 0.717) is 39.6 Å². The number of carbonyl (C=O) groups excluding carboxylic acids is 1. The first-order valence-corrected chi connectivity index (χ1v) is 8.48. The van der Waals surface area contributed by atoms with Gasteiger partial charge in [-0.25, -0.2) is 4.57 Å². The molecule has 1 unspecified atom stereocenters. The Balaban J connectivity index is -0.00000141. The molecule has 140 valence electrons. The van der Waals surface area contributed by atoms with E-state index in [1.807, 2.05) is 0 Å². The molecule has 23 heavy (non-hydrogen) atoms. The highest BCUT2D eigenvalue weighted by Crippen LogP contribution is 2.41. The second-order valence-electron chi connectivity index (χ2n) is 3.80. The van der Waals surface area contributed by atoms with Gasteiger partial charge < -0.3 is 24.4 Å². The zero-order valence-corrected chi connectivity index (χ0v) is 14.7. The molecule has 0 radical (unpaired) electrons. The number of amides is 1. The lowest BCUT2D eigenvalue weighted by Crippen LogP contribution is -2.25. The topological polar surface area (TPSA) is 113 Å². The first kappa shape index (κ1) is 24.5. The molecule has 0 saturated carbocycles. The van der Waals surface area contributed by atoms with Gasteiger partial charge in [0.15, 0.2) is 0 Å². The SMILES string of the molecule is C=C.COP(=O)(O)OCCOCCOCCOCCNC(C)=O.[HH]. The quantitative estimate of drug-likeness (QED) is 0.268. The van der Waals surface area contributed by atoms with Gasteiger partial charge in [-0.2, -0.15) is 0 Å². The maximum atomic E-state index is 10.9. The summed E-state index contributed by atoms with van der Waals surface area (Å²) in [5, 5.41) is 2.61. The van der Waals surface area contributed by atoms with Gasteiger partial charge >= 0.3 is 7.82 Å². The van der Waals surface area contributed by atoms with Crippen LogP contribution in [0, 0.1) is 0 Å². The molecule has 0 aliphatic carbocycles. The maximum Gasteiger partial charge on any atom is 0.471 e. The molecular weight excluding hydrogens is 329 g/mol. The lowest BCUT2D eigenvalue weighted by molar-refractivity contribution is -0.119. The Morgan fingerprint density at radius 2 is 1.48 bits per heavy atom. The van der Waals surface area contributed by atoms with Crippen molar-refractivity contribution in [2.45, 2.75) is 6.92 Å². The number of carbonyl (C=O) groups is 1. The molecule has 0 aromatic carbocycles. The third-order valence-corrected chi connectivity index (χ3v) is 3.05. The largest absolute Gasteiger partial charge is 0.471 e. The molecule has 10 heteroatoms. The first-order chi connectivity index (χ1) is 11.0. The number of phosphoric ester groups is 1. The van der Waals surface area contributed by atoms with E-state index in [0.717, 1.165) is 7.11 Å². The van der Waals surface area contributed by atoms with Gasteiger partial charge in [-0.05, 0) is 0 Å². The molecule has 0 aromatic heterocycles. The van der Waals surface area contributed by atoms with Crippen molar-refractivity contribution in [1.82, 2.24) is 5.32 Å². The van der Waals surface area contributed by atoms with Gasteiger partial charge in [0.2, 0.25) is 5.91 Å². The van der Waals surface area contributed by atoms with Gasteiger partial charge in [-0.1, -0.05) is 0 Å². The molecule has 0 aliphatic rings. The third-order valence-electron chi connectivity index (χ3n) is 2.08. The molecule has 1 amide bonds. The van der Waals surface area contributed by atoms with Crippen molar-refractivity contribution < 1.29 is 38.9 Å². The van der Waals surface area contributed by atoms with Crippen molar-refractivity contribution in [3.05, 3.63) is 13.2 Å². The highest BCUT2D eigenvalue weighted by atomic mass is 31.2. The van der Waals surface area contributed by atoms with Crippen LogP contribution in [0.25, 0.3) is 0 Å². The Morgan fingerprint density at radius 3 is 1.91 bits per heavy atom. The lowest BCUT2D eigenvalue weighted by Gasteiger charge is -2.09. The highest BCUT2D eigenvalue weighted by molar-refractivity contribution is 7.47. The predicted octanol–water partition coefficient (Wildman–Crippen LogP) is 0.984. The van der Waals surface area contributed by atoms with Crippen LogP contribution in [-0.2, 0) is 32.6 Å². The smallest absolute Gasteiger partial charge is 0.377 e. The summed E-state index contributed by atoms with van der Waals surface area (Å²) < 4.78 is 35.2. The molecule has 0 spiro atoms. The van der Waals surface area contributed by atoms with Gasteiger partial charge in [-0.3, -0.25) is 13.8 Å². The number of ether oxygens (including phenoxy) is 3. The van der Waals surface area contributed by atoms with Gasteiger partial charge in [0.25, 0.3) is 0 Å². The predicted molar refractivity (Wildman–Crippen MR) is 87.3 cm³/mol. The molecule has 1 atom stereocenters. The third kappa shape index (κ3) is 21.2. The summed E-state index contributed by atoms with van der Waals surface area (Å²) in [6.07, 6.45) is 0. The molecule has 0 aliphatic heterocycles. The number of nitrogens with one attached hydrogen (secondary N) is 1. The van der Waals surface area contributed by atoms with Gasteiger partial charge in [0.05, 0.1) is 46.2 Å². The second kappa shape index (κ2) is 17.6. The standard InChI is InChI=1S/C11H24NO8P.C2H4.H2/c1-11(13)12-3-4-17-5-6-18-7-8-19-9-10-20-21(14,15)16-2;1-2;/h3-10H2,1-2H3,(H,12,13)(H,14,15);1-2H2;1H.